The van der Waals surface area contributed by atoms with Crippen LogP contribution in [0.2, 0.25) is 5.02 Å². The minimum atomic E-state index is -4.82. The van der Waals surface area contributed by atoms with Gasteiger partial charge in [-0.25, -0.2) is 8.42 Å². The van der Waals surface area contributed by atoms with E-state index in [1.807, 2.05) is 13.0 Å². The summed E-state index contributed by atoms with van der Waals surface area (Å²) in [5.41, 5.74) is -0.260. The summed E-state index contributed by atoms with van der Waals surface area (Å²) in [5.74, 6) is -1.27. The highest BCUT2D eigenvalue weighted by molar-refractivity contribution is 7.92. The number of nitrogens with one attached hydrogen (secondary N) is 1. The number of hydrogen-bond acceptors (Lipinski definition) is 4. The quantitative estimate of drug-likeness (QED) is 0.171. The molecule has 2 amide bonds. The van der Waals surface area contributed by atoms with Crippen molar-refractivity contribution in [3.8, 4) is 0 Å². The van der Waals surface area contributed by atoms with Crippen molar-refractivity contribution < 1.29 is 31.2 Å². The monoisotopic (exact) mass is 671 g/mol. The fraction of sp³-hybridized carbons (Fsp3) is 0.235. The first-order valence-corrected chi connectivity index (χ1v) is 16.3. The summed E-state index contributed by atoms with van der Waals surface area (Å²) < 4.78 is 70.0. The molecular weight excluding hydrogens is 639 g/mol. The Labute approximate surface area is 271 Å². The molecule has 0 fully saturated rings. The average Bonchev–Trinajstić information content (AvgIpc) is 3.05. The van der Waals surface area contributed by atoms with Crippen LogP contribution in [0.15, 0.2) is 114 Å². The summed E-state index contributed by atoms with van der Waals surface area (Å²) in [6.07, 6.45) is -4.08. The molecule has 0 bridgehead atoms. The van der Waals surface area contributed by atoms with Crippen LogP contribution in [0, 0.1) is 0 Å². The van der Waals surface area contributed by atoms with Crippen molar-refractivity contribution >= 4 is 39.1 Å². The third-order valence-corrected chi connectivity index (χ3v) is 9.26. The zero-order valence-corrected chi connectivity index (χ0v) is 26.5. The van der Waals surface area contributed by atoms with Gasteiger partial charge in [0.25, 0.3) is 10.0 Å². The van der Waals surface area contributed by atoms with Crippen LogP contribution in [-0.4, -0.2) is 44.3 Å². The van der Waals surface area contributed by atoms with E-state index >= 15 is 0 Å². The Kier molecular flexibility index (Phi) is 11.5. The number of hydrogen-bond donors (Lipinski definition) is 1. The Hall–Kier alpha value is -4.35. The summed E-state index contributed by atoms with van der Waals surface area (Å²) >= 11 is 6.34. The summed E-state index contributed by atoms with van der Waals surface area (Å²) in [6.45, 7) is 1.21. The molecule has 0 spiro atoms. The molecule has 0 heterocycles. The lowest BCUT2D eigenvalue weighted by Crippen LogP contribution is -2.53. The molecular formula is C34H33ClF3N3O4S. The summed E-state index contributed by atoms with van der Waals surface area (Å²) in [6, 6.07) is 26.1. The number of sulfonamides is 1. The van der Waals surface area contributed by atoms with Crippen molar-refractivity contribution in [3.05, 3.63) is 131 Å². The van der Waals surface area contributed by atoms with Gasteiger partial charge in [-0.2, -0.15) is 13.2 Å². The second kappa shape index (κ2) is 15.3. The highest BCUT2D eigenvalue weighted by Gasteiger charge is 2.37. The van der Waals surface area contributed by atoms with Gasteiger partial charge in [-0.05, 0) is 47.9 Å². The normalized spacial score (nSPS) is 12.3. The number of anilines is 1. The van der Waals surface area contributed by atoms with Gasteiger partial charge in [0.05, 0.1) is 21.2 Å². The third kappa shape index (κ3) is 8.67. The molecule has 242 valence electrons. The first kappa shape index (κ1) is 34.5. The van der Waals surface area contributed by atoms with Gasteiger partial charge in [0.1, 0.15) is 12.6 Å². The molecule has 12 heteroatoms. The van der Waals surface area contributed by atoms with Crippen LogP contribution in [0.5, 0.6) is 0 Å². The molecule has 46 heavy (non-hydrogen) atoms. The van der Waals surface area contributed by atoms with E-state index in [4.69, 9.17) is 11.6 Å². The molecule has 0 saturated heterocycles. The molecule has 1 N–H and O–H groups in total. The van der Waals surface area contributed by atoms with E-state index in [9.17, 15) is 31.2 Å². The number of halogens is 4. The van der Waals surface area contributed by atoms with E-state index in [1.54, 1.807) is 60.7 Å². The lowest BCUT2D eigenvalue weighted by Gasteiger charge is -2.34. The van der Waals surface area contributed by atoms with Gasteiger partial charge in [0, 0.05) is 19.5 Å². The Balaban J connectivity index is 1.85. The van der Waals surface area contributed by atoms with E-state index < -0.39 is 51.9 Å². The Morgan fingerprint density at radius 3 is 1.98 bits per heavy atom. The lowest BCUT2D eigenvalue weighted by atomic mass is 10.0. The number of alkyl halides is 3. The van der Waals surface area contributed by atoms with E-state index in [0.29, 0.717) is 28.9 Å². The van der Waals surface area contributed by atoms with Crippen molar-refractivity contribution in [1.82, 2.24) is 10.2 Å². The second-order valence-corrected chi connectivity index (χ2v) is 12.8. The molecule has 4 aromatic carbocycles. The van der Waals surface area contributed by atoms with Crippen LogP contribution in [0.25, 0.3) is 0 Å². The standard InChI is InChI=1S/C34H33ClF3N3O4S/c1-2-20-39-33(43)31(21-25-12-6-3-7-13-25)40(23-26-14-8-4-9-15-26)32(42)24-41(46(44,45)28-16-10-5-11-17-28)30-22-27(34(36,37)38)18-19-29(30)35/h3-19,22,31H,2,20-21,23-24H2,1H3,(H,39,43). The van der Waals surface area contributed by atoms with Gasteiger partial charge < -0.3 is 10.2 Å². The summed E-state index contributed by atoms with van der Waals surface area (Å²) in [7, 11) is -4.63. The van der Waals surface area contributed by atoms with Crippen molar-refractivity contribution in [1.29, 1.82) is 0 Å². The second-order valence-electron chi connectivity index (χ2n) is 10.5. The molecule has 1 atom stereocenters. The Bertz CT molecular complexity index is 1730. The van der Waals surface area contributed by atoms with Crippen LogP contribution in [0.4, 0.5) is 18.9 Å². The van der Waals surface area contributed by atoms with E-state index in [1.165, 1.54) is 29.2 Å². The van der Waals surface area contributed by atoms with Gasteiger partial charge in [-0.15, -0.1) is 0 Å². The first-order chi connectivity index (χ1) is 21.9. The third-order valence-electron chi connectivity index (χ3n) is 7.17. The average molecular weight is 672 g/mol. The topological polar surface area (TPSA) is 86.8 Å². The summed E-state index contributed by atoms with van der Waals surface area (Å²) in [5, 5.41) is 2.53. The van der Waals surface area contributed by atoms with E-state index in [2.05, 4.69) is 5.32 Å². The fourth-order valence-corrected chi connectivity index (χ4v) is 6.53. The van der Waals surface area contributed by atoms with Gasteiger partial charge in [0.2, 0.25) is 11.8 Å². The number of carbonyl (C=O) groups excluding carboxylic acids is 2. The molecule has 0 aromatic heterocycles. The largest absolute Gasteiger partial charge is 0.416 e. The highest BCUT2D eigenvalue weighted by Crippen LogP contribution is 2.37. The van der Waals surface area contributed by atoms with Crippen molar-refractivity contribution in [2.45, 2.75) is 43.4 Å². The molecule has 0 saturated carbocycles. The number of benzene rings is 4. The highest BCUT2D eigenvalue weighted by atomic mass is 35.5. The molecule has 7 nitrogen and oxygen atoms in total. The van der Waals surface area contributed by atoms with Crippen LogP contribution < -0.4 is 9.62 Å². The van der Waals surface area contributed by atoms with Crippen LogP contribution in [-0.2, 0) is 38.8 Å². The molecule has 4 rings (SSSR count). The molecule has 0 aliphatic rings. The van der Waals surface area contributed by atoms with Crippen LogP contribution in [0.3, 0.4) is 0 Å². The maximum absolute atomic E-state index is 14.4. The van der Waals surface area contributed by atoms with Crippen LogP contribution >= 0.6 is 11.6 Å². The molecule has 0 aliphatic carbocycles. The van der Waals surface area contributed by atoms with Gasteiger partial charge in [0.15, 0.2) is 0 Å². The smallest absolute Gasteiger partial charge is 0.354 e. The maximum Gasteiger partial charge on any atom is 0.416 e. The summed E-state index contributed by atoms with van der Waals surface area (Å²) in [4.78, 5) is 29.0. The zero-order valence-electron chi connectivity index (χ0n) is 25.0. The van der Waals surface area contributed by atoms with Gasteiger partial charge in [-0.3, -0.25) is 13.9 Å². The minimum Gasteiger partial charge on any atom is -0.354 e. The number of carbonyl (C=O) groups is 2. The molecule has 1 unspecified atom stereocenters. The van der Waals surface area contributed by atoms with Crippen molar-refractivity contribution in [2.75, 3.05) is 17.4 Å². The number of amides is 2. The zero-order chi connectivity index (χ0) is 33.3. The molecule has 0 aliphatic heterocycles. The SMILES string of the molecule is CCCNC(=O)C(Cc1ccccc1)N(Cc1ccccc1)C(=O)CN(c1cc(C(F)(F)F)ccc1Cl)S(=O)(=O)c1ccccc1. The van der Waals surface area contributed by atoms with Gasteiger partial charge in [-0.1, -0.05) is 97.4 Å². The lowest BCUT2D eigenvalue weighted by molar-refractivity contribution is -0.140. The van der Waals surface area contributed by atoms with Gasteiger partial charge >= 0.3 is 6.18 Å². The first-order valence-electron chi connectivity index (χ1n) is 14.5. The fourth-order valence-electron chi connectivity index (χ4n) is 4.81. The molecule has 0 radical (unpaired) electrons. The minimum absolute atomic E-state index is 0.0771. The van der Waals surface area contributed by atoms with E-state index in [-0.39, 0.29) is 22.9 Å². The Morgan fingerprint density at radius 1 is 0.848 bits per heavy atom. The predicted octanol–water partition coefficient (Wildman–Crippen LogP) is 6.72. The predicted molar refractivity (Wildman–Crippen MR) is 172 cm³/mol. The molecule has 4 aromatic rings. The van der Waals surface area contributed by atoms with Crippen molar-refractivity contribution in [3.63, 3.8) is 0 Å². The number of rotatable bonds is 13. The number of nitrogens with zero attached hydrogens (tertiary/aromatic N) is 2. The van der Waals surface area contributed by atoms with Crippen LogP contribution in [0.1, 0.15) is 30.0 Å². The maximum atomic E-state index is 14.4. The van der Waals surface area contributed by atoms with E-state index in [0.717, 1.165) is 17.7 Å². The Morgan fingerprint density at radius 2 is 1.41 bits per heavy atom. The van der Waals surface area contributed by atoms with Crippen molar-refractivity contribution in [2.24, 2.45) is 0 Å².